The predicted molar refractivity (Wildman–Crippen MR) is 106 cm³/mol. The van der Waals surface area contributed by atoms with Gasteiger partial charge in [-0.2, -0.15) is 0 Å². The number of ether oxygens (including phenoxy) is 1. The molecule has 0 bridgehead atoms. The van der Waals surface area contributed by atoms with Gasteiger partial charge in [-0.1, -0.05) is 48.0 Å². The average Bonchev–Trinajstić information content (AvgIpc) is 2.68. The molecular weight excluding hydrogens is 336 g/mol. The van der Waals surface area contributed by atoms with E-state index in [1.54, 1.807) is 0 Å². The van der Waals surface area contributed by atoms with E-state index in [2.05, 4.69) is 43.3 Å². The van der Waals surface area contributed by atoms with Gasteiger partial charge in [0.2, 0.25) is 0 Å². The summed E-state index contributed by atoms with van der Waals surface area (Å²) in [5, 5.41) is 9.29. The molecular formula is C24H22O3. The maximum Gasteiger partial charge on any atom is 0.306 e. The molecule has 3 aromatic rings. The van der Waals surface area contributed by atoms with E-state index >= 15 is 0 Å². The van der Waals surface area contributed by atoms with Crippen LogP contribution in [0.1, 0.15) is 23.1 Å². The molecule has 136 valence electrons. The monoisotopic (exact) mass is 358 g/mol. The minimum absolute atomic E-state index is 0.294. The summed E-state index contributed by atoms with van der Waals surface area (Å²) in [7, 11) is 0. The van der Waals surface area contributed by atoms with Crippen LogP contribution in [-0.2, 0) is 17.6 Å². The largest absolute Gasteiger partial charge is 0.481 e. The Balaban J connectivity index is 1.56. The molecule has 3 heteroatoms. The topological polar surface area (TPSA) is 46.5 Å². The molecule has 1 unspecified atom stereocenters. The Hall–Kier alpha value is -3.07. The third-order valence-corrected chi connectivity index (χ3v) is 5.21. The molecule has 0 amide bonds. The zero-order valence-electron chi connectivity index (χ0n) is 15.3. The molecule has 0 aliphatic heterocycles. The van der Waals surface area contributed by atoms with Crippen LogP contribution in [0.4, 0.5) is 0 Å². The summed E-state index contributed by atoms with van der Waals surface area (Å²) in [5.74, 6) is 0.523. The highest BCUT2D eigenvalue weighted by molar-refractivity contribution is 5.71. The standard InChI is InChI=1S/C24H22O3/c1-16-5-7-17(8-6-16)19-3-2-4-22(14-19)27-23-12-11-18-9-10-20(24(25)26)13-21(18)15-23/h2-8,11-12,14-15,20H,9-10,13H2,1H3,(H,25,26). The Kier molecular flexibility index (Phi) is 4.68. The van der Waals surface area contributed by atoms with Crippen LogP contribution in [-0.4, -0.2) is 11.1 Å². The van der Waals surface area contributed by atoms with Crippen LogP contribution in [0.25, 0.3) is 11.1 Å². The van der Waals surface area contributed by atoms with E-state index in [-0.39, 0.29) is 5.92 Å². The first-order valence-corrected chi connectivity index (χ1v) is 9.28. The fourth-order valence-electron chi connectivity index (χ4n) is 3.63. The summed E-state index contributed by atoms with van der Waals surface area (Å²) >= 11 is 0. The normalized spacial score (nSPS) is 15.8. The lowest BCUT2D eigenvalue weighted by Crippen LogP contribution is -2.22. The van der Waals surface area contributed by atoms with Crippen LogP contribution in [0.15, 0.2) is 66.7 Å². The Morgan fingerprint density at radius 3 is 2.48 bits per heavy atom. The molecule has 3 aromatic carbocycles. The highest BCUT2D eigenvalue weighted by atomic mass is 16.5. The summed E-state index contributed by atoms with van der Waals surface area (Å²) in [6.45, 7) is 2.08. The van der Waals surface area contributed by atoms with Gasteiger partial charge in [-0.15, -0.1) is 0 Å². The van der Waals surface area contributed by atoms with Crippen LogP contribution >= 0.6 is 0 Å². The first-order chi connectivity index (χ1) is 13.1. The third-order valence-electron chi connectivity index (χ3n) is 5.21. The van der Waals surface area contributed by atoms with Gasteiger partial charge in [0.25, 0.3) is 0 Å². The van der Waals surface area contributed by atoms with Gasteiger partial charge in [0.05, 0.1) is 5.92 Å². The number of aliphatic carboxylic acids is 1. The molecule has 0 saturated heterocycles. The number of hydrogen-bond acceptors (Lipinski definition) is 2. The summed E-state index contributed by atoms with van der Waals surface area (Å²) in [5.41, 5.74) is 5.81. The van der Waals surface area contributed by atoms with Gasteiger partial charge in [0.1, 0.15) is 11.5 Å². The maximum absolute atomic E-state index is 11.3. The van der Waals surface area contributed by atoms with Crippen molar-refractivity contribution in [2.24, 2.45) is 5.92 Å². The van der Waals surface area contributed by atoms with Crippen molar-refractivity contribution >= 4 is 5.97 Å². The van der Waals surface area contributed by atoms with Crippen LogP contribution in [0.5, 0.6) is 11.5 Å². The second-order valence-electron chi connectivity index (χ2n) is 7.20. The summed E-state index contributed by atoms with van der Waals surface area (Å²) in [6, 6.07) is 22.5. The van der Waals surface area contributed by atoms with Crippen molar-refractivity contribution in [1.82, 2.24) is 0 Å². The van der Waals surface area contributed by atoms with E-state index in [1.165, 1.54) is 11.1 Å². The lowest BCUT2D eigenvalue weighted by molar-refractivity contribution is -0.142. The Bertz CT molecular complexity index is 973. The van der Waals surface area contributed by atoms with Crippen molar-refractivity contribution in [3.05, 3.63) is 83.4 Å². The zero-order valence-corrected chi connectivity index (χ0v) is 15.3. The first kappa shape index (κ1) is 17.3. The molecule has 0 fully saturated rings. The molecule has 27 heavy (non-hydrogen) atoms. The van der Waals surface area contributed by atoms with E-state index < -0.39 is 5.97 Å². The number of carboxylic acids is 1. The highest BCUT2D eigenvalue weighted by Gasteiger charge is 2.24. The Labute approximate surface area is 159 Å². The molecule has 3 nitrogen and oxygen atoms in total. The fraction of sp³-hybridized carbons (Fsp3) is 0.208. The van der Waals surface area contributed by atoms with Gasteiger partial charge in [-0.25, -0.2) is 0 Å². The predicted octanol–water partition coefficient (Wildman–Crippen LogP) is 5.64. The minimum atomic E-state index is -0.710. The van der Waals surface area contributed by atoms with E-state index in [1.807, 2.05) is 30.3 Å². The molecule has 0 heterocycles. The number of hydrogen-bond donors (Lipinski definition) is 1. The number of aryl methyl sites for hydroxylation is 2. The average molecular weight is 358 g/mol. The molecule has 0 saturated carbocycles. The van der Waals surface area contributed by atoms with Crippen molar-refractivity contribution in [3.63, 3.8) is 0 Å². The van der Waals surface area contributed by atoms with Gasteiger partial charge in [0.15, 0.2) is 0 Å². The molecule has 1 aliphatic carbocycles. The number of carboxylic acid groups (broad SMARTS) is 1. The highest BCUT2D eigenvalue weighted by Crippen LogP contribution is 2.32. The molecule has 4 rings (SSSR count). The zero-order chi connectivity index (χ0) is 18.8. The van der Waals surface area contributed by atoms with E-state index in [9.17, 15) is 9.90 Å². The molecule has 1 aliphatic rings. The lowest BCUT2D eigenvalue weighted by atomic mass is 9.84. The van der Waals surface area contributed by atoms with Crippen LogP contribution in [0, 0.1) is 12.8 Å². The van der Waals surface area contributed by atoms with Gasteiger partial charge in [-0.05, 0) is 72.7 Å². The van der Waals surface area contributed by atoms with E-state index in [0.717, 1.165) is 34.6 Å². The van der Waals surface area contributed by atoms with Gasteiger partial charge < -0.3 is 9.84 Å². The molecule has 1 atom stereocenters. The second-order valence-corrected chi connectivity index (χ2v) is 7.20. The molecule has 1 N–H and O–H groups in total. The summed E-state index contributed by atoms with van der Waals surface area (Å²) in [4.78, 5) is 11.3. The van der Waals surface area contributed by atoms with Crippen molar-refractivity contribution < 1.29 is 14.6 Å². The van der Waals surface area contributed by atoms with Crippen LogP contribution in [0.3, 0.4) is 0 Å². The van der Waals surface area contributed by atoms with Gasteiger partial charge >= 0.3 is 5.97 Å². The molecule has 0 radical (unpaired) electrons. The van der Waals surface area contributed by atoms with Gasteiger partial charge in [-0.3, -0.25) is 4.79 Å². The Morgan fingerprint density at radius 2 is 1.70 bits per heavy atom. The number of rotatable bonds is 4. The SMILES string of the molecule is Cc1ccc(-c2cccc(Oc3ccc4c(c3)CC(C(=O)O)CC4)c2)cc1. The fourth-order valence-corrected chi connectivity index (χ4v) is 3.63. The van der Waals surface area contributed by atoms with Crippen LogP contribution < -0.4 is 4.74 Å². The summed E-state index contributed by atoms with van der Waals surface area (Å²) < 4.78 is 6.08. The van der Waals surface area contributed by atoms with Crippen molar-refractivity contribution in [3.8, 4) is 22.6 Å². The number of carbonyl (C=O) groups is 1. The van der Waals surface area contributed by atoms with Crippen molar-refractivity contribution in [2.45, 2.75) is 26.2 Å². The van der Waals surface area contributed by atoms with E-state index in [0.29, 0.717) is 12.8 Å². The summed E-state index contributed by atoms with van der Waals surface area (Å²) in [6.07, 6.45) is 2.10. The Morgan fingerprint density at radius 1 is 0.926 bits per heavy atom. The quantitative estimate of drug-likeness (QED) is 0.656. The second kappa shape index (κ2) is 7.28. The molecule has 0 spiro atoms. The van der Waals surface area contributed by atoms with E-state index in [4.69, 9.17) is 4.74 Å². The maximum atomic E-state index is 11.3. The van der Waals surface area contributed by atoms with Gasteiger partial charge in [0, 0.05) is 0 Å². The number of fused-ring (bicyclic) bond motifs is 1. The smallest absolute Gasteiger partial charge is 0.306 e. The number of benzene rings is 3. The minimum Gasteiger partial charge on any atom is -0.481 e. The first-order valence-electron chi connectivity index (χ1n) is 9.28. The van der Waals surface area contributed by atoms with Crippen molar-refractivity contribution in [1.29, 1.82) is 0 Å². The lowest BCUT2D eigenvalue weighted by Gasteiger charge is -2.22. The third kappa shape index (κ3) is 3.87. The van der Waals surface area contributed by atoms with Crippen molar-refractivity contribution in [2.75, 3.05) is 0 Å². The molecule has 0 aromatic heterocycles. The van der Waals surface area contributed by atoms with Crippen LogP contribution in [0.2, 0.25) is 0 Å².